The van der Waals surface area contributed by atoms with Gasteiger partial charge in [-0.1, -0.05) is 31.8 Å². The summed E-state index contributed by atoms with van der Waals surface area (Å²) in [4.78, 5) is 4.57. The fourth-order valence-electron chi connectivity index (χ4n) is 2.62. The monoisotopic (exact) mass is 251 g/mol. The van der Waals surface area contributed by atoms with Gasteiger partial charge in [-0.3, -0.25) is 0 Å². The molecule has 1 aromatic rings. The second-order valence-corrected chi connectivity index (χ2v) is 5.29. The number of rotatable bonds is 7. The second kappa shape index (κ2) is 6.88. The molecule has 1 saturated carbocycles. The zero-order chi connectivity index (χ0) is 12.8. The topological polar surface area (TPSA) is 51.0 Å². The van der Waals surface area contributed by atoms with Crippen LogP contribution < -0.4 is 5.32 Å². The first-order valence-corrected chi connectivity index (χ1v) is 7.39. The van der Waals surface area contributed by atoms with Crippen LogP contribution in [0.4, 0.5) is 0 Å². The summed E-state index contributed by atoms with van der Waals surface area (Å²) in [5.41, 5.74) is 0. The van der Waals surface area contributed by atoms with Crippen molar-refractivity contribution in [2.75, 3.05) is 6.54 Å². The van der Waals surface area contributed by atoms with E-state index in [1.54, 1.807) is 0 Å². The molecule has 1 atom stereocenters. The van der Waals surface area contributed by atoms with E-state index in [9.17, 15) is 0 Å². The van der Waals surface area contributed by atoms with E-state index in [4.69, 9.17) is 4.52 Å². The fourth-order valence-corrected chi connectivity index (χ4v) is 2.62. The first-order valence-electron chi connectivity index (χ1n) is 7.39. The van der Waals surface area contributed by atoms with Gasteiger partial charge in [-0.2, -0.15) is 4.98 Å². The van der Waals surface area contributed by atoms with Gasteiger partial charge in [-0.15, -0.1) is 0 Å². The number of nitrogens with zero attached hydrogens (tertiary/aromatic N) is 2. The summed E-state index contributed by atoms with van der Waals surface area (Å²) in [5, 5.41) is 7.67. The lowest BCUT2D eigenvalue weighted by Crippen LogP contribution is -2.31. The highest BCUT2D eigenvalue weighted by Gasteiger charge is 2.22. The summed E-state index contributed by atoms with van der Waals surface area (Å²) in [6.45, 7) is 5.44. The Morgan fingerprint density at radius 1 is 1.33 bits per heavy atom. The van der Waals surface area contributed by atoms with Crippen LogP contribution in [0.15, 0.2) is 4.52 Å². The molecule has 1 aliphatic carbocycles. The highest BCUT2D eigenvalue weighted by atomic mass is 16.5. The molecule has 0 aliphatic heterocycles. The maximum absolute atomic E-state index is 5.39. The highest BCUT2D eigenvalue weighted by molar-refractivity contribution is 4.98. The minimum absolute atomic E-state index is 0.460. The van der Waals surface area contributed by atoms with Gasteiger partial charge >= 0.3 is 0 Å². The third-order valence-corrected chi connectivity index (χ3v) is 3.80. The zero-order valence-corrected chi connectivity index (χ0v) is 11.6. The Kier molecular flexibility index (Phi) is 5.17. The van der Waals surface area contributed by atoms with Gasteiger partial charge in [-0.25, -0.2) is 0 Å². The number of hydrogen-bond acceptors (Lipinski definition) is 4. The molecule has 0 aromatic carbocycles. The van der Waals surface area contributed by atoms with Crippen molar-refractivity contribution in [1.82, 2.24) is 15.5 Å². The predicted octanol–water partition coefficient (Wildman–Crippen LogP) is 3.05. The molecule has 102 valence electrons. The average molecular weight is 251 g/mol. The molecular formula is C14H25N3O. The lowest BCUT2D eigenvalue weighted by atomic mass is 10.1. The molecule has 1 fully saturated rings. The molecular weight excluding hydrogens is 226 g/mol. The van der Waals surface area contributed by atoms with Crippen LogP contribution in [0.3, 0.4) is 0 Å². The van der Waals surface area contributed by atoms with E-state index < -0.39 is 0 Å². The summed E-state index contributed by atoms with van der Waals surface area (Å²) in [6.07, 6.45) is 8.19. The van der Waals surface area contributed by atoms with Crippen molar-refractivity contribution in [2.24, 2.45) is 0 Å². The second-order valence-electron chi connectivity index (χ2n) is 5.29. The third-order valence-electron chi connectivity index (χ3n) is 3.80. The molecule has 1 unspecified atom stereocenters. The highest BCUT2D eigenvalue weighted by Crippen LogP contribution is 2.32. The molecule has 4 nitrogen and oxygen atoms in total. The minimum Gasteiger partial charge on any atom is -0.339 e. The molecule has 18 heavy (non-hydrogen) atoms. The average Bonchev–Trinajstić information content (AvgIpc) is 3.04. The fraction of sp³-hybridized carbons (Fsp3) is 0.857. The molecule has 0 radical (unpaired) electrons. The minimum atomic E-state index is 0.460. The van der Waals surface area contributed by atoms with Crippen molar-refractivity contribution in [2.45, 2.75) is 70.8 Å². The van der Waals surface area contributed by atoms with Gasteiger partial charge in [0, 0.05) is 18.4 Å². The maximum atomic E-state index is 5.39. The maximum Gasteiger partial charge on any atom is 0.228 e. The van der Waals surface area contributed by atoms with E-state index in [-0.39, 0.29) is 0 Å². The first kappa shape index (κ1) is 13.5. The molecule has 1 heterocycles. The predicted molar refractivity (Wildman–Crippen MR) is 71.6 cm³/mol. The Labute approximate surface area is 110 Å². The lowest BCUT2D eigenvalue weighted by molar-refractivity contribution is 0.348. The van der Waals surface area contributed by atoms with Crippen molar-refractivity contribution >= 4 is 0 Å². The SMILES string of the molecule is CCCNC(CC)Cc1nc(C2CCCC2)no1. The normalized spacial score (nSPS) is 18.3. The van der Waals surface area contributed by atoms with Crippen LogP contribution >= 0.6 is 0 Å². The van der Waals surface area contributed by atoms with E-state index in [1.165, 1.54) is 25.7 Å². The first-order chi connectivity index (χ1) is 8.83. The standard InChI is InChI=1S/C14H25N3O/c1-3-9-15-12(4-2)10-13-16-14(17-18-13)11-7-5-6-8-11/h11-12,15H,3-10H2,1-2H3. The van der Waals surface area contributed by atoms with Gasteiger partial charge in [0.25, 0.3) is 0 Å². The van der Waals surface area contributed by atoms with Gasteiger partial charge in [0.1, 0.15) is 0 Å². The van der Waals surface area contributed by atoms with Gasteiger partial charge in [-0.05, 0) is 32.2 Å². The number of hydrogen-bond donors (Lipinski definition) is 1. The molecule has 1 aromatic heterocycles. The molecule has 0 spiro atoms. The number of nitrogens with one attached hydrogen (secondary N) is 1. The third kappa shape index (κ3) is 3.55. The molecule has 0 saturated heterocycles. The van der Waals surface area contributed by atoms with Crippen molar-refractivity contribution < 1.29 is 4.52 Å². The van der Waals surface area contributed by atoms with Crippen molar-refractivity contribution in [3.63, 3.8) is 0 Å². The smallest absolute Gasteiger partial charge is 0.228 e. The van der Waals surface area contributed by atoms with Gasteiger partial charge in [0.15, 0.2) is 5.82 Å². The van der Waals surface area contributed by atoms with E-state index in [2.05, 4.69) is 29.3 Å². The molecule has 0 amide bonds. The van der Waals surface area contributed by atoms with E-state index in [0.29, 0.717) is 12.0 Å². The summed E-state index contributed by atoms with van der Waals surface area (Å²) in [5.74, 6) is 2.28. The van der Waals surface area contributed by atoms with Gasteiger partial charge in [0.2, 0.25) is 5.89 Å². The lowest BCUT2D eigenvalue weighted by Gasteiger charge is -2.13. The van der Waals surface area contributed by atoms with E-state index in [0.717, 1.165) is 37.5 Å². The summed E-state index contributed by atoms with van der Waals surface area (Å²) < 4.78 is 5.39. The Bertz CT molecular complexity index is 345. The van der Waals surface area contributed by atoms with Crippen molar-refractivity contribution in [3.8, 4) is 0 Å². The summed E-state index contributed by atoms with van der Waals surface area (Å²) >= 11 is 0. The number of aromatic nitrogens is 2. The molecule has 1 N–H and O–H groups in total. The van der Waals surface area contributed by atoms with Crippen LogP contribution in [0.25, 0.3) is 0 Å². The van der Waals surface area contributed by atoms with Gasteiger partial charge < -0.3 is 9.84 Å². The van der Waals surface area contributed by atoms with E-state index in [1.807, 2.05) is 0 Å². The summed E-state index contributed by atoms with van der Waals surface area (Å²) in [6, 6.07) is 0.460. The van der Waals surface area contributed by atoms with Crippen LogP contribution in [-0.2, 0) is 6.42 Å². The summed E-state index contributed by atoms with van der Waals surface area (Å²) in [7, 11) is 0. The molecule has 0 bridgehead atoms. The van der Waals surface area contributed by atoms with Crippen LogP contribution in [-0.4, -0.2) is 22.7 Å². The van der Waals surface area contributed by atoms with Crippen LogP contribution in [0.1, 0.15) is 70.0 Å². The molecule has 2 rings (SSSR count). The van der Waals surface area contributed by atoms with Crippen LogP contribution in [0.5, 0.6) is 0 Å². The van der Waals surface area contributed by atoms with Crippen molar-refractivity contribution in [1.29, 1.82) is 0 Å². The van der Waals surface area contributed by atoms with Crippen LogP contribution in [0.2, 0.25) is 0 Å². The molecule has 4 heteroatoms. The largest absolute Gasteiger partial charge is 0.339 e. The quantitative estimate of drug-likeness (QED) is 0.809. The van der Waals surface area contributed by atoms with E-state index >= 15 is 0 Å². The van der Waals surface area contributed by atoms with Crippen LogP contribution in [0, 0.1) is 0 Å². The Morgan fingerprint density at radius 2 is 2.11 bits per heavy atom. The zero-order valence-electron chi connectivity index (χ0n) is 11.6. The Balaban J connectivity index is 1.88. The molecule has 1 aliphatic rings. The Hall–Kier alpha value is -0.900. The Morgan fingerprint density at radius 3 is 2.78 bits per heavy atom. The van der Waals surface area contributed by atoms with Gasteiger partial charge in [0.05, 0.1) is 0 Å². The van der Waals surface area contributed by atoms with Crippen molar-refractivity contribution in [3.05, 3.63) is 11.7 Å².